The Morgan fingerprint density at radius 1 is 0.524 bits per heavy atom. The molecule has 0 aliphatic carbocycles. The summed E-state index contributed by atoms with van der Waals surface area (Å²) in [6, 6.07) is 15.3. The van der Waals surface area contributed by atoms with Crippen LogP contribution in [0.1, 0.15) is 11.6 Å². The Bertz CT molecular complexity index is 860. The first-order valence-corrected chi connectivity index (χ1v) is 6.55. The largest absolute Gasteiger partial charge is 0.229 e. The van der Waals surface area contributed by atoms with Gasteiger partial charge in [0.1, 0.15) is 11.0 Å². The molecule has 2 aromatic heterocycles. The summed E-state index contributed by atoms with van der Waals surface area (Å²) < 4.78 is 0. The van der Waals surface area contributed by atoms with Crippen molar-refractivity contribution in [3.8, 4) is 0 Å². The van der Waals surface area contributed by atoms with Crippen LogP contribution in [0.15, 0.2) is 48.5 Å². The van der Waals surface area contributed by atoms with Gasteiger partial charge in [0.2, 0.25) is 0 Å². The minimum atomic E-state index is 0.412. The average Bonchev–Trinajstić information content (AvgIpc) is 2.55. The second kappa shape index (κ2) is 4.82. The lowest BCUT2D eigenvalue weighted by Crippen LogP contribution is -2.04. The van der Waals surface area contributed by atoms with Crippen LogP contribution in [0.2, 0.25) is 0 Å². The molecule has 4 aromatic rings. The monoisotopic (exact) mass is 274 g/mol. The number of benzene rings is 2. The first-order chi connectivity index (χ1) is 10.4. The summed E-state index contributed by atoms with van der Waals surface area (Å²) in [4.78, 5) is 8.94. The molecule has 0 saturated heterocycles. The normalized spacial score (nSPS) is 11.0. The number of para-hydroxylation sites is 2. The summed E-state index contributed by atoms with van der Waals surface area (Å²) in [6.07, 6.45) is 0.412. The fraction of sp³-hybridized carbons (Fsp3) is 0.0667. The zero-order valence-electron chi connectivity index (χ0n) is 11.0. The van der Waals surface area contributed by atoms with Gasteiger partial charge in [-0.25, -0.2) is 9.97 Å². The molecule has 0 aliphatic rings. The van der Waals surface area contributed by atoms with Crippen molar-refractivity contribution in [2.45, 2.75) is 6.42 Å². The Labute approximate surface area is 119 Å². The van der Waals surface area contributed by atoms with E-state index in [9.17, 15) is 0 Å². The van der Waals surface area contributed by atoms with Crippen molar-refractivity contribution in [1.82, 2.24) is 30.4 Å². The molecule has 100 valence electrons. The van der Waals surface area contributed by atoms with E-state index in [2.05, 4.69) is 30.4 Å². The summed E-state index contributed by atoms with van der Waals surface area (Å²) in [7, 11) is 0. The van der Waals surface area contributed by atoms with Gasteiger partial charge in [-0.1, -0.05) is 24.3 Å². The molecule has 0 radical (unpaired) electrons. The first kappa shape index (κ1) is 11.8. The smallest absolute Gasteiger partial charge is 0.159 e. The van der Waals surface area contributed by atoms with E-state index in [1.807, 2.05) is 48.5 Å². The highest BCUT2D eigenvalue weighted by atomic mass is 15.2. The lowest BCUT2D eigenvalue weighted by molar-refractivity contribution is 0.828. The third-order valence-corrected chi connectivity index (χ3v) is 3.13. The number of hydrogen-bond donors (Lipinski definition) is 0. The van der Waals surface area contributed by atoms with Crippen molar-refractivity contribution in [2.75, 3.05) is 0 Å². The Balaban J connectivity index is 1.71. The summed E-state index contributed by atoms with van der Waals surface area (Å²) in [5, 5.41) is 16.5. The lowest BCUT2D eigenvalue weighted by atomic mass is 10.3. The maximum atomic E-state index is 4.47. The van der Waals surface area contributed by atoms with Crippen LogP contribution in [0, 0.1) is 0 Å². The molecule has 0 aliphatic heterocycles. The van der Waals surface area contributed by atoms with Gasteiger partial charge in [0.15, 0.2) is 11.6 Å². The quantitative estimate of drug-likeness (QED) is 0.556. The molecular weight excluding hydrogens is 264 g/mol. The van der Waals surface area contributed by atoms with Crippen molar-refractivity contribution >= 4 is 22.1 Å². The van der Waals surface area contributed by atoms with E-state index < -0.39 is 0 Å². The predicted octanol–water partition coefficient (Wildman–Crippen LogP) is 1.95. The van der Waals surface area contributed by atoms with Gasteiger partial charge in [0, 0.05) is 0 Å². The highest BCUT2D eigenvalue weighted by molar-refractivity contribution is 5.73. The van der Waals surface area contributed by atoms with Gasteiger partial charge in [-0.15, -0.1) is 20.4 Å². The second-order valence-corrected chi connectivity index (χ2v) is 4.61. The van der Waals surface area contributed by atoms with Gasteiger partial charge >= 0.3 is 0 Å². The highest BCUT2D eigenvalue weighted by Crippen LogP contribution is 2.10. The second-order valence-electron chi connectivity index (χ2n) is 4.61. The molecule has 2 heterocycles. The van der Waals surface area contributed by atoms with Crippen LogP contribution in [-0.4, -0.2) is 30.4 Å². The molecular formula is C15H10N6. The fourth-order valence-corrected chi connectivity index (χ4v) is 2.12. The molecule has 0 atom stereocenters. The van der Waals surface area contributed by atoms with Gasteiger partial charge in [-0.2, -0.15) is 0 Å². The number of hydrogen-bond acceptors (Lipinski definition) is 6. The van der Waals surface area contributed by atoms with Crippen molar-refractivity contribution < 1.29 is 0 Å². The standard InChI is InChI=1S/C15H10N6/c1-3-7-12-10(5-1)16-14(20-18-12)9-15-17-11-6-2-4-8-13(11)19-21-15/h1-8H,9H2. The molecule has 0 spiro atoms. The van der Waals surface area contributed by atoms with E-state index >= 15 is 0 Å². The number of rotatable bonds is 2. The van der Waals surface area contributed by atoms with Crippen LogP contribution in [0.25, 0.3) is 22.1 Å². The minimum Gasteiger partial charge on any atom is -0.229 e. The van der Waals surface area contributed by atoms with E-state index in [1.165, 1.54) is 0 Å². The van der Waals surface area contributed by atoms with E-state index in [-0.39, 0.29) is 0 Å². The van der Waals surface area contributed by atoms with Crippen LogP contribution < -0.4 is 0 Å². The van der Waals surface area contributed by atoms with Crippen molar-refractivity contribution in [1.29, 1.82) is 0 Å². The minimum absolute atomic E-state index is 0.412. The molecule has 0 saturated carbocycles. The number of fused-ring (bicyclic) bond motifs is 2. The molecule has 6 nitrogen and oxygen atoms in total. The molecule has 0 bridgehead atoms. The van der Waals surface area contributed by atoms with Crippen LogP contribution >= 0.6 is 0 Å². The van der Waals surface area contributed by atoms with Crippen molar-refractivity contribution in [3.63, 3.8) is 0 Å². The third kappa shape index (κ3) is 2.27. The Kier molecular flexibility index (Phi) is 2.71. The van der Waals surface area contributed by atoms with Crippen molar-refractivity contribution in [3.05, 3.63) is 60.2 Å². The van der Waals surface area contributed by atoms with Gasteiger partial charge in [-0.3, -0.25) is 0 Å². The Morgan fingerprint density at radius 2 is 0.952 bits per heavy atom. The van der Waals surface area contributed by atoms with E-state index in [1.54, 1.807) is 0 Å². The Morgan fingerprint density at radius 3 is 1.43 bits per heavy atom. The van der Waals surface area contributed by atoms with Crippen LogP contribution in [0.5, 0.6) is 0 Å². The maximum Gasteiger partial charge on any atom is 0.159 e. The average molecular weight is 274 g/mol. The lowest BCUT2D eigenvalue weighted by Gasteiger charge is -2.01. The summed E-state index contributed by atoms with van der Waals surface area (Å²) in [6.45, 7) is 0. The molecule has 21 heavy (non-hydrogen) atoms. The molecule has 0 N–H and O–H groups in total. The molecule has 6 heteroatoms. The SMILES string of the molecule is c1ccc2nc(Cc3nnc4ccccc4n3)nnc2c1. The number of nitrogens with zero attached hydrogens (tertiary/aromatic N) is 6. The van der Waals surface area contributed by atoms with Crippen LogP contribution in [0.3, 0.4) is 0 Å². The van der Waals surface area contributed by atoms with Crippen LogP contribution in [-0.2, 0) is 6.42 Å². The van der Waals surface area contributed by atoms with Gasteiger partial charge in [0.05, 0.1) is 17.5 Å². The van der Waals surface area contributed by atoms with Crippen LogP contribution in [0.4, 0.5) is 0 Å². The summed E-state index contributed by atoms with van der Waals surface area (Å²) in [5.41, 5.74) is 3.19. The van der Waals surface area contributed by atoms with Gasteiger partial charge in [0.25, 0.3) is 0 Å². The zero-order valence-corrected chi connectivity index (χ0v) is 11.0. The van der Waals surface area contributed by atoms with E-state index in [0.29, 0.717) is 18.1 Å². The summed E-state index contributed by atoms with van der Waals surface area (Å²) >= 11 is 0. The predicted molar refractivity (Wildman–Crippen MR) is 77.5 cm³/mol. The highest BCUT2D eigenvalue weighted by Gasteiger charge is 2.06. The van der Waals surface area contributed by atoms with Gasteiger partial charge in [-0.05, 0) is 24.3 Å². The fourth-order valence-electron chi connectivity index (χ4n) is 2.12. The van der Waals surface area contributed by atoms with Gasteiger partial charge < -0.3 is 0 Å². The van der Waals surface area contributed by atoms with E-state index in [0.717, 1.165) is 22.1 Å². The molecule has 0 fully saturated rings. The maximum absolute atomic E-state index is 4.47. The molecule has 0 amide bonds. The molecule has 0 unspecified atom stereocenters. The van der Waals surface area contributed by atoms with E-state index in [4.69, 9.17) is 0 Å². The first-order valence-electron chi connectivity index (χ1n) is 6.55. The summed E-state index contributed by atoms with van der Waals surface area (Å²) in [5.74, 6) is 1.18. The zero-order chi connectivity index (χ0) is 14.1. The molecule has 4 rings (SSSR count). The van der Waals surface area contributed by atoms with Crippen molar-refractivity contribution in [2.24, 2.45) is 0 Å². The molecule has 2 aromatic carbocycles. The third-order valence-electron chi connectivity index (χ3n) is 3.13. The Hall–Kier alpha value is -3.02. The topological polar surface area (TPSA) is 77.3 Å². The number of aromatic nitrogens is 6.